The third kappa shape index (κ3) is 38.0. The molecule has 0 radical (unpaired) electrons. The van der Waals surface area contributed by atoms with Gasteiger partial charge in [-0.2, -0.15) is 0 Å². The zero-order valence-electron chi connectivity index (χ0n) is 10.7. The summed E-state index contributed by atoms with van der Waals surface area (Å²) in [7, 11) is 3.00. The molecular formula is C14H32N2. The second-order valence-electron chi connectivity index (χ2n) is 2.51. The van der Waals surface area contributed by atoms with Crippen LogP contribution in [0.25, 0.3) is 0 Å². The molecule has 0 atom stereocenters. The minimum atomic E-state index is 0. The molecule has 0 heterocycles. The normalized spacial score (nSPS) is 6.38. The fourth-order valence-corrected chi connectivity index (χ4v) is 0.738. The van der Waals surface area contributed by atoms with Crippen LogP contribution >= 0.6 is 0 Å². The highest BCUT2D eigenvalue weighted by Gasteiger charge is 1.68. The smallest absolute Gasteiger partial charge is 0.0195 e. The van der Waals surface area contributed by atoms with Gasteiger partial charge in [-0.25, -0.2) is 0 Å². The second-order valence-corrected chi connectivity index (χ2v) is 2.51. The highest BCUT2D eigenvalue weighted by molar-refractivity contribution is 4.99. The van der Waals surface area contributed by atoms with Gasteiger partial charge < -0.3 is 11.5 Å². The number of hydrogen-bond donors (Lipinski definition) is 2. The maximum Gasteiger partial charge on any atom is -0.0195 e. The van der Waals surface area contributed by atoms with Crippen LogP contribution in [0.1, 0.15) is 40.5 Å². The Morgan fingerprint density at radius 2 is 0.812 bits per heavy atom. The average molecular weight is 228 g/mol. The molecule has 0 amide bonds. The van der Waals surface area contributed by atoms with Gasteiger partial charge in [-0.3, -0.25) is 0 Å². The predicted octanol–water partition coefficient (Wildman–Crippen LogP) is 3.67. The summed E-state index contributed by atoms with van der Waals surface area (Å²) in [5, 5.41) is 0. The van der Waals surface area contributed by atoms with E-state index in [1.165, 1.54) is 33.4 Å². The molecule has 0 saturated heterocycles. The summed E-state index contributed by atoms with van der Waals surface area (Å²) < 4.78 is 0. The summed E-state index contributed by atoms with van der Waals surface area (Å²) in [6.07, 6.45) is 4.08. The molecule has 0 fully saturated rings. The Kier molecular flexibility index (Phi) is 56.2. The van der Waals surface area contributed by atoms with E-state index in [-0.39, 0.29) is 7.43 Å². The molecule has 2 nitrogen and oxygen atoms in total. The number of benzene rings is 1. The van der Waals surface area contributed by atoms with Crippen molar-refractivity contribution in [2.24, 2.45) is 11.5 Å². The van der Waals surface area contributed by atoms with Gasteiger partial charge in [0.1, 0.15) is 0 Å². The zero-order chi connectivity index (χ0) is 12.4. The molecule has 98 valence electrons. The summed E-state index contributed by atoms with van der Waals surface area (Å²) in [5.74, 6) is 0. The van der Waals surface area contributed by atoms with Gasteiger partial charge in [0.25, 0.3) is 0 Å². The van der Waals surface area contributed by atoms with E-state index in [0.29, 0.717) is 0 Å². The monoisotopic (exact) mass is 228 g/mol. The molecule has 0 saturated carbocycles. The summed E-state index contributed by atoms with van der Waals surface area (Å²) in [5.41, 5.74) is 9.00. The van der Waals surface area contributed by atoms with Crippen molar-refractivity contribution in [2.45, 2.75) is 40.5 Å². The van der Waals surface area contributed by atoms with E-state index in [9.17, 15) is 0 Å². The first kappa shape index (κ1) is 24.4. The summed E-state index contributed by atoms with van der Waals surface area (Å²) in [6.45, 7) is 4.42. The van der Waals surface area contributed by atoms with Crippen molar-refractivity contribution < 1.29 is 0 Å². The van der Waals surface area contributed by atoms with E-state index in [0.717, 1.165) is 0 Å². The predicted molar refractivity (Wildman–Crippen MR) is 78.6 cm³/mol. The SMILES string of the molecule is C.CCCCC.CN.CN.c1ccccc1. The number of hydrogen-bond acceptors (Lipinski definition) is 2. The zero-order valence-corrected chi connectivity index (χ0v) is 10.7. The van der Waals surface area contributed by atoms with Gasteiger partial charge in [-0.1, -0.05) is 76.9 Å². The number of nitrogens with two attached hydrogens (primary N) is 2. The second kappa shape index (κ2) is 36.8. The molecule has 0 aromatic heterocycles. The quantitative estimate of drug-likeness (QED) is 0.811. The minimum absolute atomic E-state index is 0. The topological polar surface area (TPSA) is 52.0 Å². The Morgan fingerprint density at radius 1 is 0.625 bits per heavy atom. The first-order chi connectivity index (χ1) is 7.41. The van der Waals surface area contributed by atoms with Crippen molar-refractivity contribution in [1.29, 1.82) is 0 Å². The van der Waals surface area contributed by atoms with Crippen LogP contribution in [0.4, 0.5) is 0 Å². The molecule has 1 aromatic carbocycles. The Hall–Kier alpha value is -0.860. The number of rotatable bonds is 2. The largest absolute Gasteiger partial charge is 0.333 e. The van der Waals surface area contributed by atoms with Crippen LogP contribution in [0.2, 0.25) is 0 Å². The fourth-order valence-electron chi connectivity index (χ4n) is 0.738. The van der Waals surface area contributed by atoms with Crippen LogP contribution in [-0.2, 0) is 0 Å². The average Bonchev–Trinajstić information content (AvgIpc) is 2.38. The van der Waals surface area contributed by atoms with Gasteiger partial charge in [0.15, 0.2) is 0 Å². The van der Waals surface area contributed by atoms with E-state index in [1.54, 1.807) is 0 Å². The lowest BCUT2D eigenvalue weighted by molar-refractivity contribution is 0.772. The van der Waals surface area contributed by atoms with Crippen LogP contribution < -0.4 is 11.5 Å². The maximum absolute atomic E-state index is 4.50. The molecule has 0 bridgehead atoms. The van der Waals surface area contributed by atoms with Crippen molar-refractivity contribution in [3.63, 3.8) is 0 Å². The molecule has 0 aliphatic heterocycles. The summed E-state index contributed by atoms with van der Waals surface area (Å²) >= 11 is 0. The summed E-state index contributed by atoms with van der Waals surface area (Å²) in [4.78, 5) is 0. The van der Waals surface area contributed by atoms with Crippen LogP contribution in [-0.4, -0.2) is 14.1 Å². The lowest BCUT2D eigenvalue weighted by atomic mass is 10.3. The minimum Gasteiger partial charge on any atom is -0.333 e. The first-order valence-electron chi connectivity index (χ1n) is 5.57. The first-order valence-corrected chi connectivity index (χ1v) is 5.57. The molecule has 0 spiro atoms. The van der Waals surface area contributed by atoms with Crippen LogP contribution in [0.15, 0.2) is 36.4 Å². The van der Waals surface area contributed by atoms with Crippen LogP contribution in [0, 0.1) is 0 Å². The highest BCUT2D eigenvalue weighted by Crippen LogP contribution is 1.88. The maximum atomic E-state index is 4.50. The molecule has 0 aliphatic rings. The Balaban J connectivity index is -0.0000000664. The van der Waals surface area contributed by atoms with Crippen molar-refractivity contribution in [2.75, 3.05) is 14.1 Å². The van der Waals surface area contributed by atoms with Crippen molar-refractivity contribution in [1.82, 2.24) is 0 Å². The molecule has 1 rings (SSSR count). The standard InChI is InChI=1S/C6H6.C5H12.2CH5N.CH4/c1-2-4-6-5-3-1;1-3-5-4-2;2*1-2;/h1-6H;3-5H2,1-2H3;2*2H2,1H3;1H4. The Bertz CT molecular complexity index is 112. The Morgan fingerprint density at radius 3 is 0.875 bits per heavy atom. The molecule has 4 N–H and O–H groups in total. The summed E-state index contributed by atoms with van der Waals surface area (Å²) in [6, 6.07) is 12.0. The van der Waals surface area contributed by atoms with Crippen LogP contribution in [0.5, 0.6) is 0 Å². The highest BCUT2D eigenvalue weighted by atomic mass is 14.4. The third-order valence-corrected chi connectivity index (χ3v) is 1.37. The third-order valence-electron chi connectivity index (χ3n) is 1.37. The molecule has 0 aliphatic carbocycles. The van der Waals surface area contributed by atoms with Gasteiger partial charge >= 0.3 is 0 Å². The Labute approximate surface area is 103 Å². The molecule has 16 heavy (non-hydrogen) atoms. The van der Waals surface area contributed by atoms with E-state index >= 15 is 0 Å². The van der Waals surface area contributed by atoms with E-state index < -0.39 is 0 Å². The van der Waals surface area contributed by atoms with Crippen molar-refractivity contribution in [3.8, 4) is 0 Å². The van der Waals surface area contributed by atoms with Crippen molar-refractivity contribution >= 4 is 0 Å². The molecule has 1 aromatic rings. The number of unbranched alkanes of at least 4 members (excludes halogenated alkanes) is 2. The van der Waals surface area contributed by atoms with Gasteiger partial charge in [0, 0.05) is 0 Å². The lowest BCUT2D eigenvalue weighted by Crippen LogP contribution is -1.69. The van der Waals surface area contributed by atoms with Gasteiger partial charge in [0.2, 0.25) is 0 Å². The van der Waals surface area contributed by atoms with E-state index in [1.807, 2.05) is 36.4 Å². The molecular weight excluding hydrogens is 196 g/mol. The van der Waals surface area contributed by atoms with E-state index in [2.05, 4.69) is 25.3 Å². The van der Waals surface area contributed by atoms with E-state index in [4.69, 9.17) is 0 Å². The van der Waals surface area contributed by atoms with Crippen LogP contribution in [0.3, 0.4) is 0 Å². The van der Waals surface area contributed by atoms with Gasteiger partial charge in [-0.15, -0.1) is 0 Å². The lowest BCUT2D eigenvalue weighted by Gasteiger charge is -1.79. The van der Waals surface area contributed by atoms with Gasteiger partial charge in [0.05, 0.1) is 0 Å². The fraction of sp³-hybridized carbons (Fsp3) is 0.571. The van der Waals surface area contributed by atoms with Gasteiger partial charge in [-0.05, 0) is 14.1 Å². The van der Waals surface area contributed by atoms with Crippen molar-refractivity contribution in [3.05, 3.63) is 36.4 Å². The molecule has 2 heteroatoms. The molecule has 0 unspecified atom stereocenters.